The number of carbonyl (C=O) groups is 1. The standard InChI is InChI=1S/C27H35Cl2NO5S/c1-6-22(17-36(32,33)27(2,3)4)30-24(18-10-12-20(28)13-11-18)25(19-8-7-9-21(29)16-19)35-23(26(30)31)14-15-34-5/h7-13,16,22-25H,6,14-15,17H2,1-5H3/t22-,23+,24+,25+/m0/s1. The van der Waals surface area contributed by atoms with Gasteiger partial charge in [0.25, 0.3) is 5.91 Å². The Hall–Kier alpha value is -1.64. The highest BCUT2D eigenvalue weighted by molar-refractivity contribution is 7.92. The first kappa shape index (κ1) is 28.9. The van der Waals surface area contributed by atoms with Crippen molar-refractivity contribution in [1.29, 1.82) is 0 Å². The number of sulfone groups is 1. The summed E-state index contributed by atoms with van der Waals surface area (Å²) < 4.78 is 37.3. The first-order chi connectivity index (χ1) is 16.9. The maximum absolute atomic E-state index is 14.0. The third-order valence-electron chi connectivity index (χ3n) is 6.61. The molecule has 0 aliphatic carbocycles. The van der Waals surface area contributed by atoms with Crippen molar-refractivity contribution >= 4 is 38.9 Å². The highest BCUT2D eigenvalue weighted by Crippen LogP contribution is 2.45. The summed E-state index contributed by atoms with van der Waals surface area (Å²) in [6, 6.07) is 13.5. The Morgan fingerprint density at radius 1 is 1.06 bits per heavy atom. The fourth-order valence-corrected chi connectivity index (χ4v) is 6.15. The van der Waals surface area contributed by atoms with Crippen LogP contribution < -0.4 is 0 Å². The van der Waals surface area contributed by atoms with Gasteiger partial charge in [0.05, 0.1) is 16.5 Å². The summed E-state index contributed by atoms with van der Waals surface area (Å²) in [4.78, 5) is 15.7. The molecule has 2 aromatic carbocycles. The van der Waals surface area contributed by atoms with Crippen LogP contribution in [-0.4, -0.2) is 55.6 Å². The molecule has 6 nitrogen and oxygen atoms in total. The van der Waals surface area contributed by atoms with Crippen molar-refractivity contribution in [1.82, 2.24) is 4.90 Å². The van der Waals surface area contributed by atoms with E-state index in [1.54, 1.807) is 51.0 Å². The van der Waals surface area contributed by atoms with Crippen molar-refractivity contribution in [2.45, 2.75) is 69.6 Å². The Bertz CT molecular complexity index is 1150. The molecule has 36 heavy (non-hydrogen) atoms. The highest BCUT2D eigenvalue weighted by Gasteiger charge is 2.47. The van der Waals surface area contributed by atoms with Crippen LogP contribution >= 0.6 is 23.2 Å². The number of nitrogens with zero attached hydrogens (tertiary/aromatic N) is 1. The van der Waals surface area contributed by atoms with E-state index in [2.05, 4.69) is 0 Å². The maximum Gasteiger partial charge on any atom is 0.252 e. The smallest absolute Gasteiger partial charge is 0.252 e. The van der Waals surface area contributed by atoms with Gasteiger partial charge in [0, 0.05) is 36.2 Å². The van der Waals surface area contributed by atoms with Crippen LogP contribution in [0.5, 0.6) is 0 Å². The molecule has 0 radical (unpaired) electrons. The van der Waals surface area contributed by atoms with Crippen molar-refractivity contribution in [3.05, 3.63) is 69.7 Å². The van der Waals surface area contributed by atoms with E-state index in [9.17, 15) is 13.2 Å². The Labute approximate surface area is 224 Å². The normalized spacial score (nSPS) is 22.0. The largest absolute Gasteiger partial charge is 0.385 e. The molecule has 0 bridgehead atoms. The van der Waals surface area contributed by atoms with Gasteiger partial charge >= 0.3 is 0 Å². The van der Waals surface area contributed by atoms with E-state index >= 15 is 0 Å². The van der Waals surface area contributed by atoms with Crippen LogP contribution in [-0.2, 0) is 24.1 Å². The number of methoxy groups -OCH3 is 1. The number of halogens is 2. The molecule has 198 valence electrons. The Morgan fingerprint density at radius 3 is 2.28 bits per heavy atom. The Balaban J connectivity index is 2.19. The van der Waals surface area contributed by atoms with Gasteiger partial charge in [0.15, 0.2) is 9.84 Å². The molecule has 4 atom stereocenters. The predicted octanol–water partition coefficient (Wildman–Crippen LogP) is 6.03. The van der Waals surface area contributed by atoms with Gasteiger partial charge in [-0.1, -0.05) is 54.4 Å². The number of benzene rings is 2. The van der Waals surface area contributed by atoms with Crippen molar-refractivity contribution < 1.29 is 22.7 Å². The zero-order valence-electron chi connectivity index (χ0n) is 21.4. The summed E-state index contributed by atoms with van der Waals surface area (Å²) in [7, 11) is -1.95. The van der Waals surface area contributed by atoms with Crippen LogP contribution in [0.1, 0.15) is 63.8 Å². The zero-order chi connectivity index (χ0) is 26.7. The van der Waals surface area contributed by atoms with Crippen LogP contribution in [0.2, 0.25) is 10.0 Å². The number of morpholine rings is 1. The molecule has 0 spiro atoms. The predicted molar refractivity (Wildman–Crippen MR) is 144 cm³/mol. The third-order valence-corrected chi connectivity index (χ3v) is 9.79. The molecule has 2 aromatic rings. The lowest BCUT2D eigenvalue weighted by atomic mass is 9.89. The van der Waals surface area contributed by atoms with Crippen LogP contribution in [0.25, 0.3) is 0 Å². The monoisotopic (exact) mass is 555 g/mol. The average molecular weight is 557 g/mol. The highest BCUT2D eigenvalue weighted by atomic mass is 35.5. The van der Waals surface area contributed by atoms with Crippen LogP contribution in [0.4, 0.5) is 0 Å². The molecular formula is C27H35Cl2NO5S. The maximum atomic E-state index is 14.0. The van der Waals surface area contributed by atoms with E-state index < -0.39 is 38.9 Å². The third kappa shape index (κ3) is 6.43. The molecule has 1 amide bonds. The van der Waals surface area contributed by atoms with Gasteiger partial charge in [-0.05, 0) is 62.6 Å². The molecule has 0 aromatic heterocycles. The summed E-state index contributed by atoms with van der Waals surface area (Å²) >= 11 is 12.5. The Kier molecular flexibility index (Phi) is 9.50. The van der Waals surface area contributed by atoms with Crippen LogP contribution in [0.15, 0.2) is 48.5 Å². The van der Waals surface area contributed by atoms with E-state index in [1.165, 1.54) is 0 Å². The summed E-state index contributed by atoms with van der Waals surface area (Å²) in [5.41, 5.74) is 1.60. The van der Waals surface area contributed by atoms with Gasteiger partial charge in [-0.25, -0.2) is 8.42 Å². The molecule has 3 rings (SSSR count). The first-order valence-corrected chi connectivity index (χ1v) is 14.5. The van der Waals surface area contributed by atoms with Gasteiger partial charge in [-0.3, -0.25) is 4.79 Å². The van der Waals surface area contributed by atoms with Crippen molar-refractivity contribution in [3.63, 3.8) is 0 Å². The Morgan fingerprint density at radius 2 is 1.72 bits per heavy atom. The number of amides is 1. The molecule has 1 aliphatic rings. The second kappa shape index (κ2) is 11.8. The van der Waals surface area contributed by atoms with E-state index in [0.29, 0.717) is 29.5 Å². The molecule has 9 heteroatoms. The summed E-state index contributed by atoms with van der Waals surface area (Å²) in [6.45, 7) is 7.29. The van der Waals surface area contributed by atoms with E-state index in [-0.39, 0.29) is 11.7 Å². The fraction of sp³-hybridized carbons (Fsp3) is 0.519. The van der Waals surface area contributed by atoms with Crippen molar-refractivity contribution in [3.8, 4) is 0 Å². The molecule has 0 unspecified atom stereocenters. The quantitative estimate of drug-likeness (QED) is 0.377. The molecule has 1 fully saturated rings. The average Bonchev–Trinajstić information content (AvgIpc) is 2.81. The summed E-state index contributed by atoms with van der Waals surface area (Å²) in [6.07, 6.45) is -0.553. The lowest BCUT2D eigenvalue weighted by molar-refractivity contribution is -0.180. The number of carbonyl (C=O) groups excluding carboxylic acids is 1. The SMILES string of the molecule is CC[C@@H](CS(=O)(=O)C(C)(C)C)N1C(=O)[C@@H](CCOC)O[C@H](c2cccc(Cl)c2)[C@H]1c1ccc(Cl)cc1. The zero-order valence-corrected chi connectivity index (χ0v) is 23.7. The molecule has 1 aliphatic heterocycles. The minimum absolute atomic E-state index is 0.151. The topological polar surface area (TPSA) is 72.9 Å². The van der Waals surface area contributed by atoms with Crippen LogP contribution in [0, 0.1) is 0 Å². The lowest BCUT2D eigenvalue weighted by Gasteiger charge is -2.48. The molecular weight excluding hydrogens is 521 g/mol. The minimum Gasteiger partial charge on any atom is -0.385 e. The molecule has 0 N–H and O–H groups in total. The molecule has 1 saturated heterocycles. The molecule has 0 saturated carbocycles. The van der Waals surface area contributed by atoms with Crippen molar-refractivity contribution in [2.24, 2.45) is 0 Å². The second-order valence-corrected chi connectivity index (χ2v) is 13.7. The fourth-order valence-electron chi connectivity index (χ4n) is 4.42. The second-order valence-electron chi connectivity index (χ2n) is 10.1. The minimum atomic E-state index is -3.52. The van der Waals surface area contributed by atoms with E-state index in [1.807, 2.05) is 37.3 Å². The number of hydrogen-bond acceptors (Lipinski definition) is 5. The van der Waals surface area contributed by atoms with E-state index in [0.717, 1.165) is 11.1 Å². The number of rotatable bonds is 9. The summed E-state index contributed by atoms with van der Waals surface area (Å²) in [5.74, 6) is -0.400. The van der Waals surface area contributed by atoms with Gasteiger partial charge in [0.1, 0.15) is 12.2 Å². The van der Waals surface area contributed by atoms with Gasteiger partial charge < -0.3 is 14.4 Å². The van der Waals surface area contributed by atoms with Gasteiger partial charge in [0.2, 0.25) is 0 Å². The van der Waals surface area contributed by atoms with Gasteiger partial charge in [-0.2, -0.15) is 0 Å². The first-order valence-electron chi connectivity index (χ1n) is 12.1. The molecule has 1 heterocycles. The van der Waals surface area contributed by atoms with Crippen molar-refractivity contribution in [2.75, 3.05) is 19.5 Å². The van der Waals surface area contributed by atoms with Gasteiger partial charge in [-0.15, -0.1) is 0 Å². The van der Waals surface area contributed by atoms with Crippen LogP contribution in [0.3, 0.4) is 0 Å². The summed E-state index contributed by atoms with van der Waals surface area (Å²) in [5, 5.41) is 1.11. The van der Waals surface area contributed by atoms with E-state index in [4.69, 9.17) is 32.7 Å². The lowest BCUT2D eigenvalue weighted by Crippen LogP contribution is -2.57. The number of ether oxygens (including phenoxy) is 2. The number of hydrogen-bond donors (Lipinski definition) is 0.